The van der Waals surface area contributed by atoms with Gasteiger partial charge in [-0.15, -0.1) is 11.3 Å². The van der Waals surface area contributed by atoms with Crippen LogP contribution in [0.4, 0.5) is 0 Å². The second-order valence-corrected chi connectivity index (χ2v) is 10.0. The Bertz CT molecular complexity index is 885. The highest BCUT2D eigenvalue weighted by Crippen LogP contribution is 2.37. The molecule has 3 rings (SSSR count). The van der Waals surface area contributed by atoms with E-state index in [0.717, 1.165) is 29.5 Å². The van der Waals surface area contributed by atoms with Crippen molar-refractivity contribution in [2.24, 2.45) is 11.8 Å². The SMILES string of the molecule is CNC(=O)[C@@H](C)Sc1nc2sc3c(c2c(=O)n1CC(C)C)CC[C@H](C)C3. The molecule has 0 saturated heterocycles. The van der Waals surface area contributed by atoms with E-state index in [1.807, 2.05) is 6.92 Å². The molecule has 0 saturated carbocycles. The Balaban J connectivity index is 2.14. The minimum atomic E-state index is -0.294. The number of nitrogens with zero attached hydrogens (tertiary/aromatic N) is 2. The Labute approximate surface area is 162 Å². The molecule has 1 N–H and O–H groups in total. The third-order valence-electron chi connectivity index (χ3n) is 4.83. The van der Waals surface area contributed by atoms with Crippen molar-refractivity contribution in [3.8, 4) is 0 Å². The van der Waals surface area contributed by atoms with Crippen molar-refractivity contribution in [2.45, 2.75) is 63.9 Å². The van der Waals surface area contributed by atoms with Crippen molar-refractivity contribution in [1.82, 2.24) is 14.9 Å². The standard InChI is InChI=1S/C19H27N3O2S2/c1-10(2)9-22-18(24)15-13-7-6-11(3)8-14(13)26-17(15)21-19(22)25-12(4)16(23)20-5/h10-12H,6-9H2,1-5H3,(H,20,23)/t11-,12+/m0/s1. The summed E-state index contributed by atoms with van der Waals surface area (Å²) in [5, 5.41) is 3.84. The molecule has 26 heavy (non-hydrogen) atoms. The summed E-state index contributed by atoms with van der Waals surface area (Å²) in [6, 6.07) is 0. The van der Waals surface area contributed by atoms with E-state index in [-0.39, 0.29) is 16.7 Å². The van der Waals surface area contributed by atoms with Gasteiger partial charge in [-0.3, -0.25) is 14.2 Å². The van der Waals surface area contributed by atoms with Gasteiger partial charge in [-0.25, -0.2) is 4.98 Å². The van der Waals surface area contributed by atoms with Crippen molar-refractivity contribution >= 4 is 39.2 Å². The average Bonchev–Trinajstić information content (AvgIpc) is 2.94. The largest absolute Gasteiger partial charge is 0.358 e. The van der Waals surface area contributed by atoms with Gasteiger partial charge in [-0.1, -0.05) is 32.5 Å². The highest BCUT2D eigenvalue weighted by molar-refractivity contribution is 8.00. The first kappa shape index (κ1) is 19.4. The fourth-order valence-electron chi connectivity index (χ4n) is 3.44. The Morgan fingerprint density at radius 1 is 1.42 bits per heavy atom. The summed E-state index contributed by atoms with van der Waals surface area (Å²) in [6.07, 6.45) is 3.14. The maximum atomic E-state index is 13.3. The molecule has 0 aromatic carbocycles. The van der Waals surface area contributed by atoms with Gasteiger partial charge in [0.2, 0.25) is 5.91 Å². The summed E-state index contributed by atoms with van der Waals surface area (Å²) in [5.74, 6) is 0.936. The highest BCUT2D eigenvalue weighted by Gasteiger charge is 2.26. The minimum absolute atomic E-state index is 0.0558. The molecule has 1 amide bonds. The Morgan fingerprint density at radius 3 is 2.81 bits per heavy atom. The van der Waals surface area contributed by atoms with Crippen molar-refractivity contribution < 1.29 is 4.79 Å². The number of amides is 1. The lowest BCUT2D eigenvalue weighted by molar-refractivity contribution is -0.119. The number of rotatable bonds is 5. The summed E-state index contributed by atoms with van der Waals surface area (Å²) in [4.78, 5) is 32.3. The van der Waals surface area contributed by atoms with Crippen LogP contribution < -0.4 is 10.9 Å². The molecule has 142 valence electrons. The molecule has 1 aliphatic rings. The third-order valence-corrected chi connectivity index (χ3v) is 7.06. The average molecular weight is 394 g/mol. The molecule has 1 aliphatic carbocycles. The van der Waals surface area contributed by atoms with E-state index in [4.69, 9.17) is 4.98 Å². The third kappa shape index (κ3) is 3.69. The van der Waals surface area contributed by atoms with Crippen LogP contribution in [0.2, 0.25) is 0 Å². The van der Waals surface area contributed by atoms with E-state index in [2.05, 4.69) is 26.1 Å². The Hall–Kier alpha value is -1.34. The number of aryl methyl sites for hydroxylation is 1. The summed E-state index contributed by atoms with van der Waals surface area (Å²) < 4.78 is 1.78. The lowest BCUT2D eigenvalue weighted by Gasteiger charge is -2.18. The summed E-state index contributed by atoms with van der Waals surface area (Å²) in [6.45, 7) is 8.92. The quantitative estimate of drug-likeness (QED) is 0.624. The summed E-state index contributed by atoms with van der Waals surface area (Å²) in [7, 11) is 1.63. The minimum Gasteiger partial charge on any atom is -0.358 e. The van der Waals surface area contributed by atoms with Gasteiger partial charge in [0, 0.05) is 18.5 Å². The van der Waals surface area contributed by atoms with E-state index in [1.54, 1.807) is 23.0 Å². The first-order valence-corrected chi connectivity index (χ1v) is 10.9. The number of fused-ring (bicyclic) bond motifs is 3. The molecular formula is C19H27N3O2S2. The number of carbonyl (C=O) groups is 1. The van der Waals surface area contributed by atoms with Crippen molar-refractivity contribution in [3.63, 3.8) is 0 Å². The number of hydrogen-bond acceptors (Lipinski definition) is 5. The number of carbonyl (C=O) groups excluding carboxylic acids is 1. The molecule has 0 fully saturated rings. The lowest BCUT2D eigenvalue weighted by atomic mass is 9.89. The fourth-order valence-corrected chi connectivity index (χ4v) is 5.84. The van der Waals surface area contributed by atoms with Crippen LogP contribution in [0.15, 0.2) is 9.95 Å². The van der Waals surface area contributed by atoms with Gasteiger partial charge >= 0.3 is 0 Å². The predicted molar refractivity (Wildman–Crippen MR) is 109 cm³/mol. The van der Waals surface area contributed by atoms with Crippen molar-refractivity contribution in [1.29, 1.82) is 0 Å². The Kier molecular flexibility index (Phi) is 5.77. The second kappa shape index (κ2) is 7.72. The molecule has 2 heterocycles. The van der Waals surface area contributed by atoms with Crippen LogP contribution in [0.25, 0.3) is 10.2 Å². The molecule has 0 spiro atoms. The van der Waals surface area contributed by atoms with Gasteiger partial charge in [0.05, 0.1) is 10.6 Å². The van der Waals surface area contributed by atoms with Gasteiger partial charge in [0.15, 0.2) is 5.16 Å². The highest BCUT2D eigenvalue weighted by atomic mass is 32.2. The number of aromatic nitrogens is 2. The Morgan fingerprint density at radius 2 is 2.15 bits per heavy atom. The second-order valence-electron chi connectivity index (χ2n) is 7.61. The molecule has 0 unspecified atom stereocenters. The first-order valence-electron chi connectivity index (χ1n) is 9.25. The normalized spacial score (nSPS) is 18.2. The first-order chi connectivity index (χ1) is 12.3. The lowest BCUT2D eigenvalue weighted by Crippen LogP contribution is -2.30. The van der Waals surface area contributed by atoms with Crippen LogP contribution in [0.1, 0.15) is 44.6 Å². The topological polar surface area (TPSA) is 64.0 Å². The molecular weight excluding hydrogens is 366 g/mol. The van der Waals surface area contributed by atoms with Gasteiger partial charge < -0.3 is 5.32 Å². The molecule has 2 aromatic rings. The zero-order valence-corrected chi connectivity index (χ0v) is 17.7. The van der Waals surface area contributed by atoms with E-state index in [0.29, 0.717) is 23.5 Å². The van der Waals surface area contributed by atoms with Gasteiger partial charge in [-0.05, 0) is 43.6 Å². The van der Waals surface area contributed by atoms with Gasteiger partial charge in [0.25, 0.3) is 5.56 Å². The van der Waals surface area contributed by atoms with Gasteiger partial charge in [0.1, 0.15) is 4.83 Å². The molecule has 0 radical (unpaired) electrons. The number of thioether (sulfide) groups is 1. The number of thiophene rings is 1. The van der Waals surface area contributed by atoms with E-state index in [1.165, 1.54) is 22.2 Å². The smallest absolute Gasteiger partial charge is 0.263 e. The zero-order chi connectivity index (χ0) is 19.0. The molecule has 2 atom stereocenters. The monoisotopic (exact) mass is 393 g/mol. The predicted octanol–water partition coefficient (Wildman–Crippen LogP) is 3.47. The van der Waals surface area contributed by atoms with Crippen LogP contribution in [0.3, 0.4) is 0 Å². The molecule has 0 bridgehead atoms. The van der Waals surface area contributed by atoms with Crippen LogP contribution in [0, 0.1) is 11.8 Å². The number of hydrogen-bond donors (Lipinski definition) is 1. The van der Waals surface area contributed by atoms with Crippen LogP contribution in [0.5, 0.6) is 0 Å². The zero-order valence-electron chi connectivity index (χ0n) is 16.1. The van der Waals surface area contributed by atoms with E-state index >= 15 is 0 Å². The van der Waals surface area contributed by atoms with E-state index < -0.39 is 0 Å². The van der Waals surface area contributed by atoms with Crippen LogP contribution in [-0.2, 0) is 24.2 Å². The van der Waals surface area contributed by atoms with Gasteiger partial charge in [-0.2, -0.15) is 0 Å². The van der Waals surface area contributed by atoms with Crippen LogP contribution in [-0.4, -0.2) is 27.8 Å². The number of nitrogens with one attached hydrogen (secondary N) is 1. The molecule has 5 nitrogen and oxygen atoms in total. The molecule has 7 heteroatoms. The molecule has 0 aliphatic heterocycles. The van der Waals surface area contributed by atoms with Crippen LogP contribution >= 0.6 is 23.1 Å². The van der Waals surface area contributed by atoms with Crippen molar-refractivity contribution in [2.75, 3.05) is 7.05 Å². The summed E-state index contributed by atoms with van der Waals surface area (Å²) >= 11 is 3.03. The fraction of sp³-hybridized carbons (Fsp3) is 0.632. The van der Waals surface area contributed by atoms with E-state index in [9.17, 15) is 9.59 Å². The van der Waals surface area contributed by atoms with Crippen molar-refractivity contribution in [3.05, 3.63) is 20.8 Å². The maximum absolute atomic E-state index is 13.3. The molecule has 2 aromatic heterocycles. The maximum Gasteiger partial charge on any atom is 0.263 e. The summed E-state index contributed by atoms with van der Waals surface area (Å²) in [5.41, 5.74) is 1.27.